The first-order valence-corrected chi connectivity index (χ1v) is 6.87. The summed E-state index contributed by atoms with van der Waals surface area (Å²) in [5.74, 6) is 1.33. The van der Waals surface area contributed by atoms with Crippen LogP contribution >= 0.6 is 15.9 Å². The number of rotatable bonds is 2. The summed E-state index contributed by atoms with van der Waals surface area (Å²) in [6.07, 6.45) is 2.23. The van der Waals surface area contributed by atoms with E-state index >= 15 is 0 Å². The van der Waals surface area contributed by atoms with Crippen LogP contribution < -0.4 is 5.32 Å². The Morgan fingerprint density at radius 2 is 2.33 bits per heavy atom. The van der Waals surface area contributed by atoms with Crippen molar-refractivity contribution < 1.29 is 4.52 Å². The first-order chi connectivity index (χ1) is 8.74. The van der Waals surface area contributed by atoms with Crippen molar-refractivity contribution in [2.75, 3.05) is 6.54 Å². The average molecular weight is 308 g/mol. The van der Waals surface area contributed by atoms with Crippen molar-refractivity contribution in [2.45, 2.75) is 25.8 Å². The lowest BCUT2D eigenvalue weighted by molar-refractivity contribution is 0.345. The van der Waals surface area contributed by atoms with E-state index in [2.05, 4.69) is 44.4 Å². The van der Waals surface area contributed by atoms with Gasteiger partial charge in [0, 0.05) is 10.0 Å². The first kappa shape index (κ1) is 11.9. The van der Waals surface area contributed by atoms with E-state index in [-0.39, 0.29) is 6.04 Å². The van der Waals surface area contributed by atoms with Gasteiger partial charge >= 0.3 is 0 Å². The highest BCUT2D eigenvalue weighted by atomic mass is 79.9. The van der Waals surface area contributed by atoms with Gasteiger partial charge in [-0.25, -0.2) is 0 Å². The summed E-state index contributed by atoms with van der Waals surface area (Å²) in [5.41, 5.74) is 2.17. The molecule has 5 heteroatoms. The second-order valence-corrected chi connectivity index (χ2v) is 5.44. The fourth-order valence-corrected chi connectivity index (χ4v) is 2.85. The Balaban J connectivity index is 1.92. The van der Waals surface area contributed by atoms with Crippen LogP contribution in [-0.2, 0) is 0 Å². The van der Waals surface area contributed by atoms with Crippen LogP contribution in [0.15, 0.2) is 27.2 Å². The van der Waals surface area contributed by atoms with Gasteiger partial charge in [0.05, 0.1) is 6.04 Å². The fourth-order valence-electron chi connectivity index (χ4n) is 2.18. The molecule has 1 aromatic carbocycles. The molecule has 2 aromatic rings. The summed E-state index contributed by atoms with van der Waals surface area (Å²) in [4.78, 5) is 4.48. The van der Waals surface area contributed by atoms with Crippen molar-refractivity contribution in [3.8, 4) is 11.4 Å². The molecule has 1 N–H and O–H groups in total. The number of aryl methyl sites for hydroxylation is 1. The topological polar surface area (TPSA) is 51.0 Å². The fraction of sp³-hybridized carbons (Fsp3) is 0.385. The molecule has 1 aromatic heterocycles. The Labute approximate surface area is 114 Å². The molecule has 3 rings (SSSR count). The molecule has 0 saturated carbocycles. The van der Waals surface area contributed by atoms with Crippen LogP contribution in [0.4, 0.5) is 0 Å². The van der Waals surface area contributed by atoms with E-state index < -0.39 is 0 Å². The largest absolute Gasteiger partial charge is 0.337 e. The monoisotopic (exact) mass is 307 g/mol. The van der Waals surface area contributed by atoms with Gasteiger partial charge in [0.15, 0.2) is 0 Å². The van der Waals surface area contributed by atoms with Crippen molar-refractivity contribution in [3.05, 3.63) is 34.1 Å². The van der Waals surface area contributed by atoms with Gasteiger partial charge in [0.2, 0.25) is 11.7 Å². The standard InChI is InChI=1S/C13H14BrN3O/c1-8-4-5-9(10(14)7-8)12-16-13(18-17-12)11-3-2-6-15-11/h4-5,7,11,15H,2-3,6H2,1H3/t11-/m1/s1. The third-order valence-electron chi connectivity index (χ3n) is 3.17. The Morgan fingerprint density at radius 1 is 1.44 bits per heavy atom. The van der Waals surface area contributed by atoms with E-state index in [1.165, 1.54) is 5.56 Å². The number of halogens is 1. The zero-order valence-electron chi connectivity index (χ0n) is 10.1. The van der Waals surface area contributed by atoms with Crippen LogP contribution in [0.5, 0.6) is 0 Å². The summed E-state index contributed by atoms with van der Waals surface area (Å²) in [6.45, 7) is 3.08. The molecule has 0 radical (unpaired) electrons. The van der Waals surface area contributed by atoms with Gasteiger partial charge in [-0.3, -0.25) is 0 Å². The van der Waals surface area contributed by atoms with Crippen molar-refractivity contribution in [1.29, 1.82) is 0 Å². The molecule has 1 atom stereocenters. The molecule has 18 heavy (non-hydrogen) atoms. The Morgan fingerprint density at radius 3 is 3.06 bits per heavy atom. The minimum atomic E-state index is 0.218. The second kappa shape index (κ2) is 4.82. The molecule has 0 unspecified atom stereocenters. The van der Waals surface area contributed by atoms with E-state index in [0.717, 1.165) is 29.4 Å². The van der Waals surface area contributed by atoms with Crippen molar-refractivity contribution in [3.63, 3.8) is 0 Å². The van der Waals surface area contributed by atoms with Gasteiger partial charge < -0.3 is 9.84 Å². The molecule has 4 nitrogen and oxygen atoms in total. The van der Waals surface area contributed by atoms with Crippen LogP contribution in [0.2, 0.25) is 0 Å². The molecule has 0 aliphatic carbocycles. The summed E-state index contributed by atoms with van der Waals surface area (Å²) in [5, 5.41) is 7.42. The molecular formula is C13H14BrN3O. The minimum Gasteiger partial charge on any atom is -0.337 e. The number of aromatic nitrogens is 2. The number of hydrogen-bond acceptors (Lipinski definition) is 4. The lowest BCUT2D eigenvalue weighted by Crippen LogP contribution is -2.12. The highest BCUT2D eigenvalue weighted by Crippen LogP contribution is 2.29. The van der Waals surface area contributed by atoms with E-state index in [1.54, 1.807) is 0 Å². The highest BCUT2D eigenvalue weighted by Gasteiger charge is 2.23. The lowest BCUT2D eigenvalue weighted by Gasteiger charge is -2.02. The molecular weight excluding hydrogens is 294 g/mol. The van der Waals surface area contributed by atoms with E-state index in [9.17, 15) is 0 Å². The minimum absolute atomic E-state index is 0.218. The maximum absolute atomic E-state index is 5.34. The van der Waals surface area contributed by atoms with Gasteiger partial charge in [0.25, 0.3) is 0 Å². The third-order valence-corrected chi connectivity index (χ3v) is 3.82. The Hall–Kier alpha value is -1.20. The van der Waals surface area contributed by atoms with Crippen molar-refractivity contribution in [2.24, 2.45) is 0 Å². The van der Waals surface area contributed by atoms with Crippen LogP contribution in [0.25, 0.3) is 11.4 Å². The second-order valence-electron chi connectivity index (χ2n) is 4.59. The van der Waals surface area contributed by atoms with Crippen LogP contribution in [0.3, 0.4) is 0 Å². The predicted octanol–water partition coefficient (Wildman–Crippen LogP) is 3.23. The van der Waals surface area contributed by atoms with Gasteiger partial charge in [0.1, 0.15) is 0 Å². The quantitative estimate of drug-likeness (QED) is 0.925. The molecule has 94 valence electrons. The molecule has 1 saturated heterocycles. The predicted molar refractivity (Wildman–Crippen MR) is 72.1 cm³/mol. The molecule has 0 bridgehead atoms. The van der Waals surface area contributed by atoms with Crippen molar-refractivity contribution in [1.82, 2.24) is 15.5 Å². The van der Waals surface area contributed by atoms with E-state index in [1.807, 2.05) is 12.1 Å². The maximum Gasteiger partial charge on any atom is 0.244 e. The normalized spacial score (nSPS) is 19.3. The number of benzene rings is 1. The lowest BCUT2D eigenvalue weighted by atomic mass is 10.1. The number of hydrogen-bond donors (Lipinski definition) is 1. The first-order valence-electron chi connectivity index (χ1n) is 6.07. The smallest absolute Gasteiger partial charge is 0.244 e. The van der Waals surface area contributed by atoms with Gasteiger partial charge in [-0.1, -0.05) is 27.2 Å². The summed E-state index contributed by atoms with van der Waals surface area (Å²) in [7, 11) is 0. The summed E-state index contributed by atoms with van der Waals surface area (Å²) in [6, 6.07) is 6.33. The molecule has 1 fully saturated rings. The number of nitrogens with one attached hydrogen (secondary N) is 1. The summed E-state index contributed by atoms with van der Waals surface area (Å²) < 4.78 is 6.34. The molecule has 0 amide bonds. The van der Waals surface area contributed by atoms with Crippen molar-refractivity contribution >= 4 is 15.9 Å². The van der Waals surface area contributed by atoms with Gasteiger partial charge in [-0.05, 0) is 44.0 Å². The van der Waals surface area contributed by atoms with Crippen LogP contribution in [-0.4, -0.2) is 16.7 Å². The SMILES string of the molecule is Cc1ccc(-c2noc([C@H]3CCCN3)n2)c(Br)c1. The van der Waals surface area contributed by atoms with E-state index in [4.69, 9.17) is 4.52 Å². The molecule has 1 aliphatic rings. The zero-order valence-corrected chi connectivity index (χ0v) is 11.7. The van der Waals surface area contributed by atoms with Crippen LogP contribution in [0, 0.1) is 6.92 Å². The summed E-state index contributed by atoms with van der Waals surface area (Å²) >= 11 is 3.54. The van der Waals surface area contributed by atoms with Gasteiger partial charge in [-0.15, -0.1) is 0 Å². The maximum atomic E-state index is 5.34. The highest BCUT2D eigenvalue weighted by molar-refractivity contribution is 9.10. The average Bonchev–Trinajstić information content (AvgIpc) is 2.99. The van der Waals surface area contributed by atoms with Gasteiger partial charge in [-0.2, -0.15) is 4.98 Å². The Kier molecular flexibility index (Phi) is 3.18. The van der Waals surface area contributed by atoms with Crippen LogP contribution in [0.1, 0.15) is 30.3 Å². The molecule has 1 aliphatic heterocycles. The third kappa shape index (κ3) is 2.20. The molecule has 0 spiro atoms. The Bertz CT molecular complexity index is 561. The molecule has 2 heterocycles. The number of nitrogens with zero attached hydrogens (tertiary/aromatic N) is 2. The van der Waals surface area contributed by atoms with E-state index in [0.29, 0.717) is 11.7 Å². The zero-order chi connectivity index (χ0) is 12.5.